The van der Waals surface area contributed by atoms with E-state index in [1.54, 1.807) is 54.6 Å². The molecule has 0 aromatic heterocycles. The molecular weight excluding hydrogens is 919 g/mol. The summed E-state index contributed by atoms with van der Waals surface area (Å²) in [7, 11) is 8.89. The maximum absolute atomic E-state index is 14.6. The number of nitrogens with zero attached hydrogens (tertiary/aromatic N) is 6. The summed E-state index contributed by atoms with van der Waals surface area (Å²) in [6, 6.07) is 15.2. The first-order valence-corrected chi connectivity index (χ1v) is 23.7. The summed E-state index contributed by atoms with van der Waals surface area (Å²) in [6.45, 7) is 1.41. The van der Waals surface area contributed by atoms with Gasteiger partial charge in [-0.1, -0.05) is 32.0 Å². The van der Waals surface area contributed by atoms with Crippen LogP contribution in [-0.2, 0) is 48.4 Å². The van der Waals surface area contributed by atoms with Gasteiger partial charge >= 0.3 is 0 Å². The molecule has 1 heterocycles. The number of ether oxygens (including phenoxy) is 6. The van der Waals surface area contributed by atoms with Crippen LogP contribution in [0.2, 0.25) is 0 Å². The summed E-state index contributed by atoms with van der Waals surface area (Å²) < 4.78 is 32.8. The fourth-order valence-electron chi connectivity index (χ4n) is 7.60. The van der Waals surface area contributed by atoms with E-state index < -0.39 is 74.7 Å². The molecule has 0 aliphatic carbocycles. The van der Waals surface area contributed by atoms with Gasteiger partial charge in [-0.25, -0.2) is 0 Å². The van der Waals surface area contributed by atoms with E-state index in [-0.39, 0.29) is 58.9 Å². The lowest BCUT2D eigenvalue weighted by Crippen LogP contribution is -2.53. The molecular formula is C50H75N9O12. The van der Waals surface area contributed by atoms with E-state index >= 15 is 0 Å². The lowest BCUT2D eigenvalue weighted by Gasteiger charge is -2.34. The van der Waals surface area contributed by atoms with Crippen LogP contribution in [0.4, 0.5) is 0 Å². The summed E-state index contributed by atoms with van der Waals surface area (Å²) in [5, 5.41) is 0. The highest BCUT2D eigenvalue weighted by Gasteiger charge is 2.32. The van der Waals surface area contributed by atoms with E-state index in [4.69, 9.17) is 45.6 Å². The molecule has 0 bridgehead atoms. The molecule has 0 unspecified atom stereocenters. The Bertz CT molecular complexity index is 1970. The van der Waals surface area contributed by atoms with Crippen molar-refractivity contribution in [2.75, 3.05) is 121 Å². The van der Waals surface area contributed by atoms with Crippen molar-refractivity contribution < 1.29 is 57.2 Å². The minimum absolute atomic E-state index is 0.0474. The minimum atomic E-state index is -0.596. The van der Waals surface area contributed by atoms with E-state index in [9.17, 15) is 28.8 Å². The number of amides is 6. The first-order valence-electron chi connectivity index (χ1n) is 23.7. The summed E-state index contributed by atoms with van der Waals surface area (Å²) in [4.78, 5) is 95.3. The first kappa shape index (κ1) is 58.5. The Kier molecular flexibility index (Phi) is 25.3. The molecule has 6 N–H and O–H groups in total. The standard InChI is InChI=1S/C48H69N9O12.C2H6/c1-64-37-13-10-34(22-40(37)67-4)25-55-31-43(58)53(20-8-17-50)29-47(62)57(27-36-12-15-39(66-3)42(24-36)69-6)33-45(60)54(21-9-18-51)30-48(63)56(26-35-11-14-38(65-2)41(23-35)68-5)32-44(59)52(19-7-16-49)28-46(55)61;1-2/h10-15,22-24H,7-9,16-21,25-33,49-51H2,1-6H3;1-2H3. The average Bonchev–Trinajstić information content (AvgIpc) is 3.38. The second kappa shape index (κ2) is 30.7. The first-order chi connectivity index (χ1) is 34.2. The second-order valence-corrected chi connectivity index (χ2v) is 16.2. The Morgan fingerprint density at radius 3 is 0.775 bits per heavy atom. The van der Waals surface area contributed by atoms with Crippen molar-refractivity contribution in [2.45, 2.75) is 52.7 Å². The Morgan fingerprint density at radius 1 is 0.352 bits per heavy atom. The highest BCUT2D eigenvalue weighted by molar-refractivity contribution is 5.94. The van der Waals surface area contributed by atoms with Gasteiger partial charge in [-0.2, -0.15) is 0 Å². The Labute approximate surface area is 417 Å². The molecule has 1 aliphatic rings. The van der Waals surface area contributed by atoms with Crippen LogP contribution < -0.4 is 45.6 Å². The van der Waals surface area contributed by atoms with Crippen molar-refractivity contribution in [2.24, 2.45) is 17.2 Å². The van der Waals surface area contributed by atoms with E-state index in [1.807, 2.05) is 13.8 Å². The van der Waals surface area contributed by atoms with Gasteiger partial charge in [-0.15, -0.1) is 0 Å². The topological polar surface area (TPSA) is 255 Å². The van der Waals surface area contributed by atoms with Gasteiger partial charge in [0.1, 0.15) is 19.6 Å². The number of methoxy groups -OCH3 is 6. The molecule has 3 aromatic carbocycles. The molecule has 1 aliphatic heterocycles. The molecule has 21 heteroatoms. The van der Waals surface area contributed by atoms with E-state index in [0.717, 1.165) is 0 Å². The molecule has 3 aromatic rings. The molecule has 1 saturated heterocycles. The quantitative estimate of drug-likeness (QED) is 0.137. The summed E-state index contributed by atoms with van der Waals surface area (Å²) >= 11 is 0. The van der Waals surface area contributed by atoms with Gasteiger partial charge in [0.05, 0.1) is 62.3 Å². The number of hydrogen-bond donors (Lipinski definition) is 3. The SMILES string of the molecule is CC.COc1ccc(CN2CC(=O)N(CCCN)CC(=O)N(Cc3ccc(OC)c(OC)c3)CC(=O)N(CCCN)CC(=O)N(Cc3ccc(OC)c(OC)c3)CC(=O)N(CCCN)CC2=O)cc1OC. The molecule has 0 saturated carbocycles. The third-order valence-electron chi connectivity index (χ3n) is 11.4. The predicted molar refractivity (Wildman–Crippen MR) is 267 cm³/mol. The molecule has 71 heavy (non-hydrogen) atoms. The maximum atomic E-state index is 14.6. The van der Waals surface area contributed by atoms with Crippen LogP contribution in [0, 0.1) is 0 Å². The van der Waals surface area contributed by atoms with Crippen LogP contribution in [0.1, 0.15) is 49.8 Å². The zero-order valence-electron chi connectivity index (χ0n) is 42.7. The fourth-order valence-corrected chi connectivity index (χ4v) is 7.60. The molecule has 1 fully saturated rings. The number of nitrogens with two attached hydrogens (primary N) is 3. The van der Waals surface area contributed by atoms with Gasteiger partial charge in [0.2, 0.25) is 35.4 Å². The van der Waals surface area contributed by atoms with Crippen LogP contribution in [0.15, 0.2) is 54.6 Å². The van der Waals surface area contributed by atoms with Crippen LogP contribution in [0.25, 0.3) is 0 Å². The fraction of sp³-hybridized carbons (Fsp3) is 0.520. The maximum Gasteiger partial charge on any atom is 0.242 e. The zero-order valence-corrected chi connectivity index (χ0v) is 42.7. The van der Waals surface area contributed by atoms with Gasteiger partial charge in [0, 0.05) is 39.3 Å². The number of rotatable bonds is 21. The van der Waals surface area contributed by atoms with Crippen molar-refractivity contribution in [3.8, 4) is 34.5 Å². The summed E-state index contributed by atoms with van der Waals surface area (Å²) in [5.74, 6) is -1.05. The van der Waals surface area contributed by atoms with Gasteiger partial charge in [-0.05, 0) is 92.0 Å². The van der Waals surface area contributed by atoms with Gasteiger partial charge < -0.3 is 75.0 Å². The van der Waals surface area contributed by atoms with Crippen LogP contribution in [-0.4, -0.2) is 186 Å². The van der Waals surface area contributed by atoms with E-state index in [2.05, 4.69) is 0 Å². The van der Waals surface area contributed by atoms with Gasteiger partial charge in [0.25, 0.3) is 0 Å². The number of carbonyl (C=O) groups is 6. The molecule has 6 amide bonds. The van der Waals surface area contributed by atoms with Gasteiger partial charge in [-0.3, -0.25) is 28.8 Å². The van der Waals surface area contributed by atoms with Crippen molar-refractivity contribution in [3.05, 3.63) is 71.3 Å². The number of carbonyl (C=O) groups excluding carboxylic acids is 6. The molecule has 21 nitrogen and oxygen atoms in total. The van der Waals surface area contributed by atoms with E-state index in [1.165, 1.54) is 72.1 Å². The third-order valence-corrected chi connectivity index (χ3v) is 11.4. The molecule has 0 atom stereocenters. The lowest BCUT2D eigenvalue weighted by molar-refractivity contribution is -0.150. The molecule has 0 spiro atoms. The van der Waals surface area contributed by atoms with Crippen molar-refractivity contribution in [3.63, 3.8) is 0 Å². The average molecular weight is 994 g/mol. The Hall–Kier alpha value is -6.84. The third kappa shape index (κ3) is 17.5. The highest BCUT2D eigenvalue weighted by atomic mass is 16.5. The number of hydrogen-bond acceptors (Lipinski definition) is 15. The normalized spacial score (nSPS) is 14.7. The minimum Gasteiger partial charge on any atom is -0.493 e. The second-order valence-electron chi connectivity index (χ2n) is 16.2. The molecule has 4 rings (SSSR count). The van der Waals surface area contributed by atoms with E-state index in [0.29, 0.717) is 70.4 Å². The van der Waals surface area contributed by atoms with Crippen molar-refractivity contribution in [1.82, 2.24) is 29.4 Å². The zero-order chi connectivity index (χ0) is 52.5. The van der Waals surface area contributed by atoms with Crippen molar-refractivity contribution in [1.29, 1.82) is 0 Å². The Morgan fingerprint density at radius 2 is 0.563 bits per heavy atom. The van der Waals surface area contributed by atoms with Crippen LogP contribution >= 0.6 is 0 Å². The van der Waals surface area contributed by atoms with Crippen molar-refractivity contribution >= 4 is 35.4 Å². The predicted octanol–water partition coefficient (Wildman–Crippen LogP) is 1.70. The molecule has 0 radical (unpaired) electrons. The lowest BCUT2D eigenvalue weighted by atomic mass is 10.1. The Balaban J connectivity index is 0.00000657. The number of benzene rings is 3. The van der Waals surface area contributed by atoms with Gasteiger partial charge in [0.15, 0.2) is 34.5 Å². The molecule has 392 valence electrons. The largest absolute Gasteiger partial charge is 0.493 e. The summed E-state index contributed by atoms with van der Waals surface area (Å²) in [5.41, 5.74) is 19.5. The van der Waals surface area contributed by atoms with Crippen LogP contribution in [0.3, 0.4) is 0 Å². The monoisotopic (exact) mass is 994 g/mol. The highest BCUT2D eigenvalue weighted by Crippen LogP contribution is 2.30. The summed E-state index contributed by atoms with van der Waals surface area (Å²) in [6.07, 6.45) is 0.939. The smallest absolute Gasteiger partial charge is 0.242 e. The van der Waals surface area contributed by atoms with Crippen LogP contribution in [0.5, 0.6) is 34.5 Å².